The Bertz CT molecular complexity index is 1100. The van der Waals surface area contributed by atoms with Gasteiger partial charge in [-0.2, -0.15) is 0 Å². The quantitative estimate of drug-likeness (QED) is 0.425. The van der Waals surface area contributed by atoms with Crippen molar-refractivity contribution in [3.05, 3.63) is 71.5 Å². The van der Waals surface area contributed by atoms with Gasteiger partial charge in [0.05, 0.1) is 0 Å². The topological polar surface area (TPSA) is 75.0 Å². The van der Waals surface area contributed by atoms with E-state index in [1.807, 2.05) is 55.5 Å². The zero-order chi connectivity index (χ0) is 18.3. The van der Waals surface area contributed by atoms with Crippen LogP contribution in [0.15, 0.2) is 54.6 Å². The number of ketones is 1. The van der Waals surface area contributed by atoms with Crippen molar-refractivity contribution < 1.29 is 14.3 Å². The molecule has 4 aromatic rings. The van der Waals surface area contributed by atoms with Gasteiger partial charge in [0.1, 0.15) is 5.69 Å². The molecule has 130 valence electrons. The van der Waals surface area contributed by atoms with Crippen LogP contribution >= 0.6 is 0 Å². The third-order valence-electron chi connectivity index (χ3n) is 4.54. The highest BCUT2D eigenvalue weighted by Crippen LogP contribution is 2.24. The molecule has 0 saturated heterocycles. The average molecular weight is 346 g/mol. The number of aromatic nitrogens is 2. The van der Waals surface area contributed by atoms with E-state index in [1.54, 1.807) is 13.0 Å². The Balaban J connectivity index is 1.58. The number of fused-ring (bicyclic) bond motifs is 2. The highest BCUT2D eigenvalue weighted by molar-refractivity contribution is 6.11. The molecule has 0 aliphatic carbocycles. The van der Waals surface area contributed by atoms with Crippen molar-refractivity contribution in [3.63, 3.8) is 0 Å². The Morgan fingerprint density at radius 3 is 2.42 bits per heavy atom. The molecule has 0 bridgehead atoms. The molecule has 4 rings (SSSR count). The van der Waals surface area contributed by atoms with Crippen LogP contribution in [-0.2, 0) is 4.74 Å². The van der Waals surface area contributed by atoms with Crippen LogP contribution in [-0.4, -0.2) is 27.8 Å². The molecule has 2 heterocycles. The number of esters is 1. The minimum absolute atomic E-state index is 0.218. The fourth-order valence-electron chi connectivity index (χ4n) is 3.26. The van der Waals surface area contributed by atoms with Crippen molar-refractivity contribution in [2.45, 2.75) is 20.0 Å². The van der Waals surface area contributed by atoms with Crippen molar-refractivity contribution in [1.82, 2.24) is 9.97 Å². The second-order valence-corrected chi connectivity index (χ2v) is 6.35. The van der Waals surface area contributed by atoms with Gasteiger partial charge in [-0.1, -0.05) is 36.4 Å². The first-order valence-electron chi connectivity index (χ1n) is 8.45. The lowest BCUT2D eigenvalue weighted by atomic mass is 10.0. The van der Waals surface area contributed by atoms with Gasteiger partial charge < -0.3 is 14.7 Å². The summed E-state index contributed by atoms with van der Waals surface area (Å²) in [5.41, 5.74) is 3.41. The van der Waals surface area contributed by atoms with Crippen LogP contribution in [0.1, 0.15) is 33.5 Å². The lowest BCUT2D eigenvalue weighted by Crippen LogP contribution is -2.25. The molecular weight excluding hydrogens is 328 g/mol. The number of carbonyl (C=O) groups is 2. The molecule has 1 atom stereocenters. The van der Waals surface area contributed by atoms with E-state index in [9.17, 15) is 9.59 Å². The van der Waals surface area contributed by atoms with Crippen molar-refractivity contribution in [3.8, 4) is 0 Å². The first-order chi connectivity index (χ1) is 12.5. The fraction of sp³-hybridized carbons (Fsp3) is 0.143. The van der Waals surface area contributed by atoms with E-state index >= 15 is 0 Å². The van der Waals surface area contributed by atoms with E-state index < -0.39 is 12.1 Å². The van der Waals surface area contributed by atoms with E-state index in [4.69, 9.17) is 4.74 Å². The van der Waals surface area contributed by atoms with Crippen LogP contribution < -0.4 is 0 Å². The maximum absolute atomic E-state index is 12.9. The van der Waals surface area contributed by atoms with Gasteiger partial charge in [-0.3, -0.25) is 4.79 Å². The van der Waals surface area contributed by atoms with Crippen LogP contribution in [0.2, 0.25) is 0 Å². The number of H-pyrrole nitrogens is 2. The molecule has 0 radical (unpaired) electrons. The highest BCUT2D eigenvalue weighted by atomic mass is 16.5. The smallest absolute Gasteiger partial charge is 0.355 e. The number of carbonyl (C=O) groups excluding carboxylic acids is 2. The zero-order valence-corrected chi connectivity index (χ0v) is 14.5. The first kappa shape index (κ1) is 16.1. The van der Waals surface area contributed by atoms with E-state index in [-0.39, 0.29) is 5.78 Å². The van der Waals surface area contributed by atoms with Crippen molar-refractivity contribution in [2.24, 2.45) is 0 Å². The summed E-state index contributed by atoms with van der Waals surface area (Å²) in [6.07, 6.45) is -0.883. The summed E-state index contributed by atoms with van der Waals surface area (Å²) in [6, 6.07) is 16.9. The van der Waals surface area contributed by atoms with Crippen molar-refractivity contribution >= 4 is 33.6 Å². The minimum atomic E-state index is -0.883. The number of nitrogens with one attached hydrogen (secondary N) is 2. The van der Waals surface area contributed by atoms with E-state index in [1.165, 1.54) is 0 Å². The molecular formula is C21H18N2O3. The van der Waals surface area contributed by atoms with Crippen LogP contribution in [0, 0.1) is 6.92 Å². The Hall–Kier alpha value is -3.34. The zero-order valence-electron chi connectivity index (χ0n) is 14.5. The summed E-state index contributed by atoms with van der Waals surface area (Å²) in [5, 5.41) is 1.76. The molecule has 2 aromatic heterocycles. The maximum Gasteiger partial charge on any atom is 0.355 e. The van der Waals surface area contributed by atoms with Crippen molar-refractivity contribution in [1.29, 1.82) is 0 Å². The molecule has 5 heteroatoms. The van der Waals surface area contributed by atoms with Crippen LogP contribution in [0.3, 0.4) is 0 Å². The summed E-state index contributed by atoms with van der Waals surface area (Å²) in [4.78, 5) is 31.5. The van der Waals surface area contributed by atoms with Crippen LogP contribution in [0.5, 0.6) is 0 Å². The second kappa shape index (κ2) is 6.19. The number of hydrogen-bond acceptors (Lipinski definition) is 3. The van der Waals surface area contributed by atoms with Gasteiger partial charge in [-0.15, -0.1) is 0 Å². The highest BCUT2D eigenvalue weighted by Gasteiger charge is 2.25. The Morgan fingerprint density at radius 2 is 1.65 bits per heavy atom. The number of rotatable bonds is 4. The molecule has 5 nitrogen and oxygen atoms in total. The number of aryl methyl sites for hydroxylation is 1. The minimum Gasteiger partial charge on any atom is -0.450 e. The fourth-order valence-corrected chi connectivity index (χ4v) is 3.26. The molecule has 0 amide bonds. The molecule has 0 spiro atoms. The number of benzene rings is 2. The molecule has 0 fully saturated rings. The molecule has 0 aliphatic rings. The van der Waals surface area contributed by atoms with Crippen LogP contribution in [0.4, 0.5) is 0 Å². The summed E-state index contributed by atoms with van der Waals surface area (Å²) < 4.78 is 5.42. The Kier molecular flexibility index (Phi) is 3.84. The third kappa shape index (κ3) is 2.67. The van der Waals surface area contributed by atoms with Gasteiger partial charge in [0.2, 0.25) is 5.78 Å². The summed E-state index contributed by atoms with van der Waals surface area (Å²) in [6.45, 7) is 3.45. The third-order valence-corrected chi connectivity index (χ3v) is 4.54. The summed E-state index contributed by atoms with van der Waals surface area (Å²) in [5.74, 6) is -0.760. The summed E-state index contributed by atoms with van der Waals surface area (Å²) in [7, 11) is 0. The van der Waals surface area contributed by atoms with Gasteiger partial charge in [0.15, 0.2) is 6.10 Å². The number of para-hydroxylation sites is 2. The predicted molar refractivity (Wildman–Crippen MR) is 101 cm³/mol. The van der Waals surface area contributed by atoms with Gasteiger partial charge in [0, 0.05) is 33.1 Å². The van der Waals surface area contributed by atoms with E-state index in [0.29, 0.717) is 11.3 Å². The molecule has 26 heavy (non-hydrogen) atoms. The van der Waals surface area contributed by atoms with E-state index in [0.717, 1.165) is 27.5 Å². The largest absolute Gasteiger partial charge is 0.450 e. The number of ether oxygens (including phenoxy) is 1. The average Bonchev–Trinajstić information content (AvgIpc) is 3.21. The molecule has 0 unspecified atom stereocenters. The molecule has 2 aromatic carbocycles. The van der Waals surface area contributed by atoms with E-state index in [2.05, 4.69) is 9.97 Å². The monoisotopic (exact) mass is 346 g/mol. The number of hydrogen-bond donors (Lipinski definition) is 2. The number of Topliss-reactive ketones (excluding diaryl/α,β-unsaturated/α-hetero) is 1. The van der Waals surface area contributed by atoms with Gasteiger partial charge in [0.25, 0.3) is 0 Å². The SMILES string of the molecule is Cc1[nH]c2ccccc2c1C(=O)[C@@H](C)OC(=O)c1cc2ccccc2[nH]1. The normalized spacial score (nSPS) is 12.4. The Labute approximate surface area is 150 Å². The standard InChI is InChI=1S/C21H18N2O3/c1-12-19(15-8-4-6-10-17(15)22-12)20(24)13(2)26-21(25)18-11-14-7-3-5-9-16(14)23-18/h3-11,13,22-23H,1-2H3/t13-/m1/s1. The van der Waals surface area contributed by atoms with Gasteiger partial charge in [-0.25, -0.2) is 4.79 Å². The number of aromatic amines is 2. The summed E-state index contributed by atoms with van der Waals surface area (Å²) >= 11 is 0. The van der Waals surface area contributed by atoms with Crippen molar-refractivity contribution in [2.75, 3.05) is 0 Å². The first-order valence-corrected chi connectivity index (χ1v) is 8.45. The molecule has 0 saturated carbocycles. The maximum atomic E-state index is 12.9. The van der Waals surface area contributed by atoms with Gasteiger partial charge in [-0.05, 0) is 32.0 Å². The van der Waals surface area contributed by atoms with Gasteiger partial charge >= 0.3 is 5.97 Å². The second-order valence-electron chi connectivity index (χ2n) is 6.35. The van der Waals surface area contributed by atoms with Crippen LogP contribution in [0.25, 0.3) is 21.8 Å². The Morgan fingerprint density at radius 1 is 0.962 bits per heavy atom. The lowest BCUT2D eigenvalue weighted by molar-refractivity contribution is 0.0314. The molecule has 0 aliphatic heterocycles. The molecule has 2 N–H and O–H groups in total. The lowest BCUT2D eigenvalue weighted by Gasteiger charge is -2.12. The predicted octanol–water partition coefficient (Wildman–Crippen LogP) is 4.39.